The van der Waals surface area contributed by atoms with E-state index in [1.807, 2.05) is 38.2 Å². The number of aliphatic hydroxyl groups is 1. The number of hydrogen-bond acceptors (Lipinski definition) is 5. The quantitative estimate of drug-likeness (QED) is 0.857. The Kier molecular flexibility index (Phi) is 2.78. The van der Waals surface area contributed by atoms with E-state index in [0.717, 1.165) is 29.7 Å². The Morgan fingerprint density at radius 2 is 2.11 bits per heavy atom. The standard InChI is InChI=1S/C14H18N4O/c1-14(19)7-8-18(9-14)12-10-5-3-4-6-11(10)16-13(15-2)17-12/h3-6,19H,7-9H2,1-2H3,(H,15,16,17). The van der Waals surface area contributed by atoms with Gasteiger partial charge in [-0.05, 0) is 25.5 Å². The zero-order valence-corrected chi connectivity index (χ0v) is 11.2. The van der Waals surface area contributed by atoms with Crippen LogP contribution in [0.4, 0.5) is 11.8 Å². The monoisotopic (exact) mass is 258 g/mol. The summed E-state index contributed by atoms with van der Waals surface area (Å²) >= 11 is 0. The first-order valence-corrected chi connectivity index (χ1v) is 6.51. The highest BCUT2D eigenvalue weighted by Crippen LogP contribution is 2.30. The maximum Gasteiger partial charge on any atom is 0.224 e. The van der Waals surface area contributed by atoms with Crippen molar-refractivity contribution in [3.63, 3.8) is 0 Å². The van der Waals surface area contributed by atoms with Crippen LogP contribution < -0.4 is 10.2 Å². The van der Waals surface area contributed by atoms with Crippen LogP contribution in [0.25, 0.3) is 10.9 Å². The van der Waals surface area contributed by atoms with Gasteiger partial charge < -0.3 is 15.3 Å². The van der Waals surface area contributed by atoms with Crippen LogP contribution in [0, 0.1) is 0 Å². The molecule has 100 valence electrons. The summed E-state index contributed by atoms with van der Waals surface area (Å²) in [4.78, 5) is 11.1. The van der Waals surface area contributed by atoms with Crippen LogP contribution in [-0.4, -0.2) is 40.8 Å². The van der Waals surface area contributed by atoms with E-state index in [1.165, 1.54) is 0 Å². The zero-order chi connectivity index (χ0) is 13.5. The van der Waals surface area contributed by atoms with Gasteiger partial charge in [0, 0.05) is 25.5 Å². The molecule has 1 aromatic heterocycles. The van der Waals surface area contributed by atoms with Gasteiger partial charge in [0.1, 0.15) is 5.82 Å². The van der Waals surface area contributed by atoms with Crippen LogP contribution in [0.1, 0.15) is 13.3 Å². The average molecular weight is 258 g/mol. The normalized spacial score (nSPS) is 23.0. The molecule has 1 aliphatic heterocycles. The van der Waals surface area contributed by atoms with Crippen molar-refractivity contribution in [1.29, 1.82) is 0 Å². The Balaban J connectivity index is 2.11. The smallest absolute Gasteiger partial charge is 0.224 e. The maximum atomic E-state index is 10.1. The molecule has 5 heteroatoms. The van der Waals surface area contributed by atoms with Gasteiger partial charge in [-0.2, -0.15) is 4.98 Å². The molecule has 5 nitrogen and oxygen atoms in total. The molecule has 0 bridgehead atoms. The van der Waals surface area contributed by atoms with Crippen molar-refractivity contribution in [2.45, 2.75) is 18.9 Å². The number of β-amino-alcohol motifs (C(OH)–C–C–N with tert-alkyl or cyclic N) is 1. The van der Waals surface area contributed by atoms with Crippen LogP contribution >= 0.6 is 0 Å². The lowest BCUT2D eigenvalue weighted by molar-refractivity contribution is 0.0839. The van der Waals surface area contributed by atoms with Gasteiger partial charge in [0.05, 0.1) is 11.1 Å². The molecular weight excluding hydrogens is 240 g/mol. The van der Waals surface area contributed by atoms with Gasteiger partial charge in [-0.25, -0.2) is 4.98 Å². The Hall–Kier alpha value is -1.88. The largest absolute Gasteiger partial charge is 0.388 e. The van der Waals surface area contributed by atoms with Crippen molar-refractivity contribution in [2.24, 2.45) is 0 Å². The van der Waals surface area contributed by atoms with Gasteiger partial charge in [-0.1, -0.05) is 12.1 Å². The van der Waals surface area contributed by atoms with Gasteiger partial charge in [-0.3, -0.25) is 0 Å². The summed E-state index contributed by atoms with van der Waals surface area (Å²) in [5, 5.41) is 14.1. The lowest BCUT2D eigenvalue weighted by Crippen LogP contribution is -2.30. The summed E-state index contributed by atoms with van der Waals surface area (Å²) in [7, 11) is 1.81. The fourth-order valence-corrected chi connectivity index (χ4v) is 2.54. The van der Waals surface area contributed by atoms with Gasteiger partial charge in [0.2, 0.25) is 5.95 Å². The number of rotatable bonds is 2. The van der Waals surface area contributed by atoms with E-state index >= 15 is 0 Å². The molecular formula is C14H18N4O. The number of aromatic nitrogens is 2. The van der Waals surface area contributed by atoms with Crippen LogP contribution in [0.15, 0.2) is 24.3 Å². The third-order valence-electron chi connectivity index (χ3n) is 3.56. The van der Waals surface area contributed by atoms with E-state index in [4.69, 9.17) is 0 Å². The summed E-state index contributed by atoms with van der Waals surface area (Å²) in [5.74, 6) is 1.51. The Bertz CT molecular complexity index is 611. The van der Waals surface area contributed by atoms with Crippen molar-refractivity contribution in [3.8, 4) is 0 Å². The highest BCUT2D eigenvalue weighted by atomic mass is 16.3. The van der Waals surface area contributed by atoms with Crippen LogP contribution in [0.5, 0.6) is 0 Å². The average Bonchev–Trinajstić information content (AvgIpc) is 2.77. The number of hydrogen-bond donors (Lipinski definition) is 2. The maximum absolute atomic E-state index is 10.1. The predicted octanol–water partition coefficient (Wildman–Crippen LogP) is 1.63. The zero-order valence-electron chi connectivity index (χ0n) is 11.2. The number of nitrogens with zero attached hydrogens (tertiary/aromatic N) is 3. The summed E-state index contributed by atoms with van der Waals surface area (Å²) < 4.78 is 0. The predicted molar refractivity (Wildman–Crippen MR) is 76.5 cm³/mol. The second-order valence-electron chi connectivity index (χ2n) is 5.31. The second kappa shape index (κ2) is 4.35. The Morgan fingerprint density at radius 3 is 2.79 bits per heavy atom. The van der Waals surface area contributed by atoms with E-state index in [-0.39, 0.29) is 0 Å². The fraction of sp³-hybridized carbons (Fsp3) is 0.429. The molecule has 1 fully saturated rings. The SMILES string of the molecule is CNc1nc(N2CCC(C)(O)C2)c2ccccc2n1. The number of benzene rings is 1. The molecule has 3 rings (SSSR count). The number of nitrogens with one attached hydrogen (secondary N) is 1. The molecule has 0 amide bonds. The minimum Gasteiger partial charge on any atom is -0.388 e. The second-order valence-corrected chi connectivity index (χ2v) is 5.31. The third-order valence-corrected chi connectivity index (χ3v) is 3.56. The minimum atomic E-state index is -0.633. The Morgan fingerprint density at radius 1 is 1.32 bits per heavy atom. The first-order valence-electron chi connectivity index (χ1n) is 6.51. The molecule has 0 aliphatic carbocycles. The topological polar surface area (TPSA) is 61.3 Å². The molecule has 1 atom stereocenters. The van der Waals surface area contributed by atoms with Crippen LogP contribution in [0.3, 0.4) is 0 Å². The van der Waals surface area contributed by atoms with Gasteiger partial charge >= 0.3 is 0 Å². The highest BCUT2D eigenvalue weighted by molar-refractivity contribution is 5.90. The summed E-state index contributed by atoms with van der Waals surface area (Å²) in [6.45, 7) is 3.30. The molecule has 0 saturated carbocycles. The van der Waals surface area contributed by atoms with Gasteiger partial charge in [0.25, 0.3) is 0 Å². The lowest BCUT2D eigenvalue weighted by atomic mass is 10.1. The molecule has 0 spiro atoms. The van der Waals surface area contributed by atoms with Crippen molar-refractivity contribution in [3.05, 3.63) is 24.3 Å². The van der Waals surface area contributed by atoms with Crippen LogP contribution in [-0.2, 0) is 0 Å². The first-order chi connectivity index (χ1) is 9.09. The summed E-state index contributed by atoms with van der Waals surface area (Å²) in [6.07, 6.45) is 0.764. The number of fused-ring (bicyclic) bond motifs is 1. The molecule has 2 heterocycles. The van der Waals surface area contributed by atoms with Crippen molar-refractivity contribution >= 4 is 22.7 Å². The molecule has 0 radical (unpaired) electrons. The fourth-order valence-electron chi connectivity index (χ4n) is 2.54. The van der Waals surface area contributed by atoms with E-state index in [1.54, 1.807) is 0 Å². The van der Waals surface area contributed by atoms with E-state index in [2.05, 4.69) is 20.2 Å². The molecule has 2 aromatic rings. The Labute approximate surface area is 112 Å². The molecule has 1 aromatic carbocycles. The number of anilines is 2. The van der Waals surface area contributed by atoms with Crippen molar-refractivity contribution in [2.75, 3.05) is 30.4 Å². The van der Waals surface area contributed by atoms with E-state index < -0.39 is 5.60 Å². The third kappa shape index (κ3) is 2.21. The van der Waals surface area contributed by atoms with Gasteiger partial charge in [0.15, 0.2) is 0 Å². The van der Waals surface area contributed by atoms with Crippen molar-refractivity contribution in [1.82, 2.24) is 9.97 Å². The van der Waals surface area contributed by atoms with Crippen LogP contribution in [0.2, 0.25) is 0 Å². The number of para-hydroxylation sites is 1. The van der Waals surface area contributed by atoms with E-state index in [9.17, 15) is 5.11 Å². The molecule has 2 N–H and O–H groups in total. The van der Waals surface area contributed by atoms with E-state index in [0.29, 0.717) is 12.5 Å². The summed E-state index contributed by atoms with van der Waals surface area (Å²) in [6, 6.07) is 7.97. The molecule has 1 unspecified atom stereocenters. The summed E-state index contributed by atoms with van der Waals surface area (Å²) in [5.41, 5.74) is 0.287. The van der Waals surface area contributed by atoms with Gasteiger partial charge in [-0.15, -0.1) is 0 Å². The first kappa shape index (κ1) is 12.2. The highest BCUT2D eigenvalue weighted by Gasteiger charge is 2.32. The minimum absolute atomic E-state index is 0.608. The lowest BCUT2D eigenvalue weighted by Gasteiger charge is -2.21. The molecule has 19 heavy (non-hydrogen) atoms. The molecule has 1 saturated heterocycles. The van der Waals surface area contributed by atoms with Crippen molar-refractivity contribution < 1.29 is 5.11 Å². The molecule has 1 aliphatic rings.